The van der Waals surface area contributed by atoms with Crippen LogP contribution in [-0.4, -0.2) is 55.5 Å². The molecule has 6 heteroatoms. The topological polar surface area (TPSA) is 57.0 Å². The van der Waals surface area contributed by atoms with Gasteiger partial charge in [0.25, 0.3) is 0 Å². The minimum Gasteiger partial charge on any atom is -0.423 e. The number of benzene rings is 2. The van der Waals surface area contributed by atoms with Crippen LogP contribution in [0.3, 0.4) is 0 Å². The molecule has 2 heterocycles. The summed E-state index contributed by atoms with van der Waals surface area (Å²) < 4.78 is 5.39. The summed E-state index contributed by atoms with van der Waals surface area (Å²) in [7, 11) is 1.84. The Bertz CT molecular complexity index is 1160. The van der Waals surface area contributed by atoms with Crippen molar-refractivity contribution in [3.63, 3.8) is 0 Å². The zero-order chi connectivity index (χ0) is 22.7. The van der Waals surface area contributed by atoms with Gasteiger partial charge in [0.2, 0.25) is 5.91 Å². The fourth-order valence-corrected chi connectivity index (χ4v) is 4.25. The summed E-state index contributed by atoms with van der Waals surface area (Å²) in [6, 6.07) is 15.7. The molecule has 3 aromatic rings. The van der Waals surface area contributed by atoms with Crippen LogP contribution in [0.2, 0.25) is 0 Å². The zero-order valence-corrected chi connectivity index (χ0v) is 19.1. The van der Waals surface area contributed by atoms with Crippen LogP contribution >= 0.6 is 0 Å². The number of aryl methyl sites for hydroxylation is 2. The van der Waals surface area contributed by atoms with Crippen LogP contribution in [0, 0.1) is 6.92 Å². The quantitative estimate of drug-likeness (QED) is 0.558. The molecule has 4 rings (SSSR count). The first-order valence-corrected chi connectivity index (χ1v) is 11.3. The van der Waals surface area contributed by atoms with Crippen molar-refractivity contribution in [2.75, 3.05) is 44.7 Å². The first-order chi connectivity index (χ1) is 15.4. The SMILES string of the molecule is CCc1ccc2oc(=O)cc(CN3CCN(CC(=O)N(C)c4cccc(C)c4)CC3)c2c1. The highest BCUT2D eigenvalue weighted by Crippen LogP contribution is 2.21. The van der Waals surface area contributed by atoms with E-state index in [1.165, 1.54) is 5.56 Å². The molecule has 1 aliphatic heterocycles. The lowest BCUT2D eigenvalue weighted by molar-refractivity contribution is -0.119. The molecule has 0 N–H and O–H groups in total. The maximum absolute atomic E-state index is 12.8. The molecule has 32 heavy (non-hydrogen) atoms. The van der Waals surface area contributed by atoms with Crippen molar-refractivity contribution in [1.29, 1.82) is 0 Å². The molecule has 2 aromatic carbocycles. The molecule has 1 amide bonds. The lowest BCUT2D eigenvalue weighted by atomic mass is 10.0. The van der Waals surface area contributed by atoms with E-state index in [-0.39, 0.29) is 11.5 Å². The first-order valence-electron chi connectivity index (χ1n) is 11.3. The molecule has 1 fully saturated rings. The minimum absolute atomic E-state index is 0.0998. The van der Waals surface area contributed by atoms with E-state index in [1.807, 2.05) is 50.4 Å². The molecule has 0 aliphatic carbocycles. The number of carbonyl (C=O) groups is 1. The van der Waals surface area contributed by atoms with Gasteiger partial charge in [-0.1, -0.05) is 25.1 Å². The summed E-state index contributed by atoms with van der Waals surface area (Å²) in [5.41, 5.74) is 4.65. The fourth-order valence-electron chi connectivity index (χ4n) is 4.25. The molecule has 6 nitrogen and oxygen atoms in total. The average molecular weight is 434 g/mol. The third-order valence-corrected chi connectivity index (χ3v) is 6.28. The van der Waals surface area contributed by atoms with Gasteiger partial charge in [0.05, 0.1) is 6.54 Å². The van der Waals surface area contributed by atoms with E-state index in [0.29, 0.717) is 18.7 Å². The van der Waals surface area contributed by atoms with Gasteiger partial charge in [0, 0.05) is 56.9 Å². The zero-order valence-electron chi connectivity index (χ0n) is 19.1. The van der Waals surface area contributed by atoms with E-state index in [1.54, 1.807) is 11.0 Å². The molecule has 0 unspecified atom stereocenters. The minimum atomic E-state index is -0.305. The number of hydrogen-bond acceptors (Lipinski definition) is 5. The Hall–Kier alpha value is -2.96. The average Bonchev–Trinajstić information content (AvgIpc) is 2.79. The Balaban J connectivity index is 1.37. The van der Waals surface area contributed by atoms with E-state index in [4.69, 9.17) is 4.42 Å². The molecule has 0 atom stereocenters. The van der Waals surface area contributed by atoms with Crippen molar-refractivity contribution in [3.8, 4) is 0 Å². The fraction of sp³-hybridized carbons (Fsp3) is 0.385. The molecule has 168 valence electrons. The van der Waals surface area contributed by atoms with Crippen LogP contribution in [0.1, 0.15) is 23.6 Å². The lowest BCUT2D eigenvalue weighted by Gasteiger charge is -2.35. The molecule has 0 bridgehead atoms. The van der Waals surface area contributed by atoms with Crippen LogP contribution in [0.15, 0.2) is 57.7 Å². The number of hydrogen-bond donors (Lipinski definition) is 0. The Morgan fingerprint density at radius 3 is 2.50 bits per heavy atom. The second kappa shape index (κ2) is 9.67. The van der Waals surface area contributed by atoms with Crippen molar-refractivity contribution in [2.45, 2.75) is 26.8 Å². The monoisotopic (exact) mass is 433 g/mol. The number of piperazine rings is 1. The molecule has 1 aromatic heterocycles. The van der Waals surface area contributed by atoms with Crippen molar-refractivity contribution >= 4 is 22.6 Å². The van der Waals surface area contributed by atoms with Crippen molar-refractivity contribution in [1.82, 2.24) is 9.80 Å². The molecule has 1 aliphatic rings. The van der Waals surface area contributed by atoms with Gasteiger partial charge in [-0.2, -0.15) is 0 Å². The van der Waals surface area contributed by atoms with Gasteiger partial charge in [0.1, 0.15) is 5.58 Å². The Morgan fingerprint density at radius 2 is 1.78 bits per heavy atom. The van der Waals surface area contributed by atoms with E-state index in [9.17, 15) is 9.59 Å². The maximum atomic E-state index is 12.8. The number of likely N-dealkylation sites (N-methyl/N-ethyl adjacent to an activating group) is 1. The van der Waals surface area contributed by atoms with Crippen molar-refractivity contribution in [3.05, 3.63) is 75.6 Å². The summed E-state index contributed by atoms with van der Waals surface area (Å²) in [5, 5.41) is 1.02. The van der Waals surface area contributed by atoms with Gasteiger partial charge in [-0.3, -0.25) is 14.6 Å². The Morgan fingerprint density at radius 1 is 1.03 bits per heavy atom. The summed E-state index contributed by atoms with van der Waals surface area (Å²) in [4.78, 5) is 31.1. The van der Waals surface area contributed by atoms with Crippen molar-refractivity contribution < 1.29 is 9.21 Å². The summed E-state index contributed by atoms with van der Waals surface area (Å²) in [6.07, 6.45) is 0.943. The van der Waals surface area contributed by atoms with Gasteiger partial charge in [-0.05, 0) is 54.3 Å². The predicted octanol–water partition coefficient (Wildman–Crippen LogP) is 3.44. The maximum Gasteiger partial charge on any atom is 0.336 e. The molecule has 1 saturated heterocycles. The van der Waals surface area contributed by atoms with Crippen molar-refractivity contribution in [2.24, 2.45) is 0 Å². The lowest BCUT2D eigenvalue weighted by Crippen LogP contribution is -2.49. The van der Waals surface area contributed by atoms with E-state index in [2.05, 4.69) is 22.8 Å². The highest BCUT2D eigenvalue weighted by Gasteiger charge is 2.22. The van der Waals surface area contributed by atoms with Crippen LogP contribution in [-0.2, 0) is 17.8 Å². The molecule has 0 saturated carbocycles. The largest absolute Gasteiger partial charge is 0.423 e. The summed E-state index contributed by atoms with van der Waals surface area (Å²) in [6.45, 7) is 8.64. The van der Waals surface area contributed by atoms with E-state index >= 15 is 0 Å². The second-order valence-corrected chi connectivity index (χ2v) is 8.62. The molecular formula is C26H31N3O3. The predicted molar refractivity (Wildman–Crippen MR) is 128 cm³/mol. The van der Waals surface area contributed by atoms with Crippen LogP contribution in [0.25, 0.3) is 11.0 Å². The first kappa shape index (κ1) is 22.2. The highest BCUT2D eigenvalue weighted by molar-refractivity contribution is 5.94. The van der Waals surface area contributed by atoms with Crippen LogP contribution < -0.4 is 10.5 Å². The van der Waals surface area contributed by atoms with Gasteiger partial charge < -0.3 is 9.32 Å². The Labute approximate surface area is 189 Å². The summed E-state index contributed by atoms with van der Waals surface area (Å²) in [5.74, 6) is 0.0998. The number of amides is 1. The molecule has 0 spiro atoms. The number of carbonyl (C=O) groups excluding carboxylic acids is 1. The third-order valence-electron chi connectivity index (χ3n) is 6.28. The summed E-state index contributed by atoms with van der Waals surface area (Å²) >= 11 is 0. The number of rotatable bonds is 6. The Kier molecular flexibility index (Phi) is 6.72. The van der Waals surface area contributed by atoms with Crippen LogP contribution in [0.4, 0.5) is 5.69 Å². The van der Waals surface area contributed by atoms with E-state index in [0.717, 1.165) is 54.8 Å². The van der Waals surface area contributed by atoms with Crippen LogP contribution in [0.5, 0.6) is 0 Å². The standard InChI is InChI=1S/C26H31N3O3/c1-4-20-8-9-24-23(15-20)21(16-26(31)32-24)17-28-10-12-29(13-11-28)18-25(30)27(3)22-7-5-6-19(2)14-22/h5-9,14-16H,4,10-13,17-18H2,1-3H3. The molecule has 0 radical (unpaired) electrons. The smallest absolute Gasteiger partial charge is 0.336 e. The van der Waals surface area contributed by atoms with Gasteiger partial charge in [-0.15, -0.1) is 0 Å². The molecular weight excluding hydrogens is 402 g/mol. The third kappa shape index (κ3) is 5.09. The second-order valence-electron chi connectivity index (χ2n) is 8.62. The van der Waals surface area contributed by atoms with Gasteiger partial charge in [-0.25, -0.2) is 4.79 Å². The van der Waals surface area contributed by atoms with E-state index < -0.39 is 0 Å². The van der Waals surface area contributed by atoms with Gasteiger partial charge in [0.15, 0.2) is 0 Å². The number of nitrogens with zero attached hydrogens (tertiary/aromatic N) is 3. The number of fused-ring (bicyclic) bond motifs is 1. The highest BCUT2D eigenvalue weighted by atomic mass is 16.4. The number of anilines is 1. The van der Waals surface area contributed by atoms with Gasteiger partial charge >= 0.3 is 5.63 Å². The normalized spacial score (nSPS) is 15.2.